The van der Waals surface area contributed by atoms with Gasteiger partial charge in [-0.3, -0.25) is 16.0 Å². The number of aromatic nitrogens is 2. The molecule has 0 bridgehead atoms. The van der Waals surface area contributed by atoms with Crippen molar-refractivity contribution in [3.8, 4) is 0 Å². The maximum Gasteiger partial charge on any atom is 0.0771 e. The highest BCUT2D eigenvalue weighted by Gasteiger charge is 2.32. The lowest BCUT2D eigenvalue weighted by atomic mass is 9.94. The maximum atomic E-state index is 5.86. The predicted molar refractivity (Wildman–Crippen MR) is 83.7 cm³/mol. The normalized spacial score (nSPS) is 23.8. The third kappa shape index (κ3) is 2.69. The predicted octanol–water partition coefficient (Wildman–Crippen LogP) is 1.86. The Kier molecular flexibility index (Phi) is 4.24. The van der Waals surface area contributed by atoms with Crippen molar-refractivity contribution in [3.05, 3.63) is 30.0 Å². The Labute approximate surface area is 125 Å². The van der Waals surface area contributed by atoms with Crippen LogP contribution in [-0.4, -0.2) is 28.5 Å². The number of benzene rings is 1. The number of rotatable bonds is 5. The number of hydrogen-bond donors (Lipinski definition) is 2. The van der Waals surface area contributed by atoms with Gasteiger partial charge in [-0.25, -0.2) is 0 Å². The Morgan fingerprint density at radius 3 is 2.95 bits per heavy atom. The zero-order valence-electron chi connectivity index (χ0n) is 12.7. The Morgan fingerprint density at radius 1 is 1.48 bits per heavy atom. The van der Waals surface area contributed by atoms with E-state index in [0.29, 0.717) is 5.92 Å². The molecule has 0 radical (unpaired) electrons. The number of aryl methyl sites for hydroxylation is 1. The summed E-state index contributed by atoms with van der Waals surface area (Å²) in [7, 11) is 0. The lowest BCUT2D eigenvalue weighted by Crippen LogP contribution is -2.47. The molecule has 1 aromatic carbocycles. The summed E-state index contributed by atoms with van der Waals surface area (Å²) >= 11 is 0. The summed E-state index contributed by atoms with van der Waals surface area (Å²) in [5.74, 6) is 6.31. The van der Waals surface area contributed by atoms with Gasteiger partial charge in [0.05, 0.1) is 23.4 Å². The van der Waals surface area contributed by atoms with Gasteiger partial charge >= 0.3 is 0 Å². The van der Waals surface area contributed by atoms with Crippen LogP contribution in [0.25, 0.3) is 10.9 Å². The molecule has 3 atom stereocenters. The summed E-state index contributed by atoms with van der Waals surface area (Å²) in [6.07, 6.45) is 2.06. The molecule has 2 aromatic rings. The third-order valence-electron chi connectivity index (χ3n) is 4.50. The second-order valence-corrected chi connectivity index (χ2v) is 5.86. The molecule has 3 N–H and O–H groups in total. The van der Waals surface area contributed by atoms with E-state index in [1.54, 1.807) is 0 Å². The largest absolute Gasteiger partial charge is 0.376 e. The minimum Gasteiger partial charge on any atom is -0.376 e. The third-order valence-corrected chi connectivity index (χ3v) is 4.50. The molecule has 3 rings (SSSR count). The lowest BCUT2D eigenvalue weighted by Gasteiger charge is -2.24. The smallest absolute Gasteiger partial charge is 0.0771 e. The van der Waals surface area contributed by atoms with E-state index in [2.05, 4.69) is 48.2 Å². The molecule has 114 valence electrons. The quantitative estimate of drug-likeness (QED) is 0.651. The standard InChI is InChI=1S/C16H24N4O/c1-3-20-15-7-5-4-6-12(15)13(19-20)10-14(18-17)16-11(2)8-9-21-16/h4-7,11,14,16,18H,3,8-10,17H2,1-2H3. The van der Waals surface area contributed by atoms with Gasteiger partial charge in [-0.2, -0.15) is 5.10 Å². The van der Waals surface area contributed by atoms with Crippen LogP contribution in [0.4, 0.5) is 0 Å². The van der Waals surface area contributed by atoms with Crippen LogP contribution in [0.5, 0.6) is 0 Å². The summed E-state index contributed by atoms with van der Waals surface area (Å²) in [6.45, 7) is 6.04. The zero-order valence-corrected chi connectivity index (χ0v) is 12.7. The van der Waals surface area contributed by atoms with Gasteiger partial charge in [-0.15, -0.1) is 0 Å². The Hall–Kier alpha value is -1.43. The van der Waals surface area contributed by atoms with Crippen molar-refractivity contribution < 1.29 is 4.74 Å². The number of fused-ring (bicyclic) bond motifs is 1. The molecule has 1 saturated heterocycles. The Bertz CT molecular complexity index is 609. The molecule has 5 heteroatoms. The highest BCUT2D eigenvalue weighted by Crippen LogP contribution is 2.26. The number of nitrogens with zero attached hydrogens (tertiary/aromatic N) is 2. The average molecular weight is 288 g/mol. The summed E-state index contributed by atoms with van der Waals surface area (Å²) < 4.78 is 7.91. The number of nitrogens with two attached hydrogens (primary N) is 1. The Morgan fingerprint density at radius 2 is 2.29 bits per heavy atom. The lowest BCUT2D eigenvalue weighted by molar-refractivity contribution is 0.0608. The van der Waals surface area contributed by atoms with Crippen molar-refractivity contribution in [3.63, 3.8) is 0 Å². The van der Waals surface area contributed by atoms with E-state index in [1.807, 2.05) is 0 Å². The van der Waals surface area contributed by atoms with Crippen molar-refractivity contribution in [2.75, 3.05) is 6.61 Å². The fourth-order valence-corrected chi connectivity index (χ4v) is 3.30. The molecular formula is C16H24N4O. The van der Waals surface area contributed by atoms with Gasteiger partial charge in [0.15, 0.2) is 0 Å². The van der Waals surface area contributed by atoms with E-state index >= 15 is 0 Å². The molecule has 21 heavy (non-hydrogen) atoms. The first-order chi connectivity index (χ1) is 10.2. The van der Waals surface area contributed by atoms with Crippen molar-refractivity contribution in [2.24, 2.45) is 11.8 Å². The number of hydrogen-bond acceptors (Lipinski definition) is 4. The van der Waals surface area contributed by atoms with Crippen LogP contribution < -0.4 is 11.3 Å². The fraction of sp³-hybridized carbons (Fsp3) is 0.562. The summed E-state index contributed by atoms with van der Waals surface area (Å²) in [6, 6.07) is 8.48. The van der Waals surface area contributed by atoms with E-state index in [1.165, 1.54) is 10.9 Å². The SMILES string of the molecule is CCn1nc(CC(NN)C2OCCC2C)c2ccccc21. The van der Waals surface area contributed by atoms with Crippen molar-refractivity contribution >= 4 is 10.9 Å². The highest BCUT2D eigenvalue weighted by molar-refractivity contribution is 5.82. The zero-order chi connectivity index (χ0) is 14.8. The van der Waals surface area contributed by atoms with Crippen LogP contribution in [0, 0.1) is 5.92 Å². The molecule has 1 aromatic heterocycles. The molecule has 0 spiro atoms. The second kappa shape index (κ2) is 6.13. The molecule has 2 heterocycles. The number of nitrogens with one attached hydrogen (secondary N) is 1. The molecule has 3 unspecified atom stereocenters. The van der Waals surface area contributed by atoms with Gasteiger partial charge in [0.1, 0.15) is 0 Å². The molecule has 1 aliphatic rings. The van der Waals surface area contributed by atoms with E-state index in [-0.39, 0.29) is 12.1 Å². The van der Waals surface area contributed by atoms with Gasteiger partial charge in [0.2, 0.25) is 0 Å². The van der Waals surface area contributed by atoms with Crippen LogP contribution in [0.3, 0.4) is 0 Å². The molecule has 1 fully saturated rings. The average Bonchev–Trinajstić information content (AvgIpc) is 3.09. The van der Waals surface area contributed by atoms with E-state index < -0.39 is 0 Å². The van der Waals surface area contributed by atoms with Crippen LogP contribution in [0.15, 0.2) is 24.3 Å². The fourth-order valence-electron chi connectivity index (χ4n) is 3.30. The first kappa shape index (κ1) is 14.5. The van der Waals surface area contributed by atoms with Crippen LogP contribution in [-0.2, 0) is 17.7 Å². The minimum absolute atomic E-state index is 0.103. The summed E-state index contributed by atoms with van der Waals surface area (Å²) in [4.78, 5) is 0. The van der Waals surface area contributed by atoms with Crippen molar-refractivity contribution in [2.45, 2.75) is 45.4 Å². The number of ether oxygens (including phenoxy) is 1. The first-order valence-corrected chi connectivity index (χ1v) is 7.76. The molecule has 5 nitrogen and oxygen atoms in total. The number of para-hydroxylation sites is 1. The van der Waals surface area contributed by atoms with E-state index in [9.17, 15) is 0 Å². The second-order valence-electron chi connectivity index (χ2n) is 5.86. The molecule has 1 aliphatic heterocycles. The topological polar surface area (TPSA) is 65.1 Å². The van der Waals surface area contributed by atoms with Crippen molar-refractivity contribution in [1.29, 1.82) is 0 Å². The van der Waals surface area contributed by atoms with Crippen LogP contribution in [0.2, 0.25) is 0 Å². The summed E-state index contributed by atoms with van der Waals surface area (Å²) in [5.41, 5.74) is 5.22. The Balaban J connectivity index is 1.89. The van der Waals surface area contributed by atoms with Gasteiger partial charge < -0.3 is 4.74 Å². The molecule has 0 aliphatic carbocycles. The molecular weight excluding hydrogens is 264 g/mol. The van der Waals surface area contributed by atoms with Gasteiger partial charge in [0, 0.05) is 25.0 Å². The van der Waals surface area contributed by atoms with Gasteiger partial charge in [-0.1, -0.05) is 25.1 Å². The van der Waals surface area contributed by atoms with Crippen LogP contribution in [0.1, 0.15) is 26.0 Å². The van der Waals surface area contributed by atoms with E-state index in [0.717, 1.165) is 31.7 Å². The van der Waals surface area contributed by atoms with Gasteiger partial charge in [-0.05, 0) is 25.3 Å². The highest BCUT2D eigenvalue weighted by atomic mass is 16.5. The summed E-state index contributed by atoms with van der Waals surface area (Å²) in [5, 5.41) is 5.97. The maximum absolute atomic E-state index is 5.86. The monoisotopic (exact) mass is 288 g/mol. The van der Waals surface area contributed by atoms with Crippen molar-refractivity contribution in [1.82, 2.24) is 15.2 Å². The molecule has 0 saturated carbocycles. The molecule has 0 amide bonds. The van der Waals surface area contributed by atoms with Crippen LogP contribution >= 0.6 is 0 Å². The first-order valence-electron chi connectivity index (χ1n) is 7.76. The van der Waals surface area contributed by atoms with Gasteiger partial charge in [0.25, 0.3) is 0 Å². The number of hydrazine groups is 1. The minimum atomic E-state index is 0.103. The van der Waals surface area contributed by atoms with E-state index in [4.69, 9.17) is 15.7 Å².